The number of benzene rings is 2. The lowest BCUT2D eigenvalue weighted by molar-refractivity contribution is -0.131. The lowest BCUT2D eigenvalue weighted by atomic mass is 9.92. The smallest absolute Gasteiger partial charge is 0.346 e. The Labute approximate surface area is 156 Å². The molecule has 1 saturated heterocycles. The zero-order chi connectivity index (χ0) is 19.0. The number of hydrazone groups is 1. The van der Waals surface area contributed by atoms with Crippen LogP contribution in [-0.2, 0) is 16.8 Å². The first-order chi connectivity index (χ1) is 13.0. The average Bonchev–Trinajstić information content (AvgIpc) is 3.20. The van der Waals surface area contributed by atoms with E-state index >= 15 is 0 Å². The maximum absolute atomic E-state index is 12.9. The number of carbonyl (C=O) groups excluding carboxylic acids is 2. The second-order valence-electron chi connectivity index (χ2n) is 6.72. The number of imide groups is 1. The highest BCUT2D eigenvalue weighted by Gasteiger charge is 2.49. The van der Waals surface area contributed by atoms with Crippen molar-refractivity contribution in [3.63, 3.8) is 0 Å². The number of nitrogens with one attached hydrogen (secondary N) is 2. The Morgan fingerprint density at radius 3 is 2.63 bits per heavy atom. The minimum Gasteiger partial charge on any atom is -0.360 e. The van der Waals surface area contributed by atoms with Gasteiger partial charge in [-0.2, -0.15) is 5.10 Å². The van der Waals surface area contributed by atoms with Crippen molar-refractivity contribution in [3.05, 3.63) is 71.4 Å². The van der Waals surface area contributed by atoms with E-state index in [9.17, 15) is 9.59 Å². The Hall–Kier alpha value is -3.41. The monoisotopic (exact) mass is 360 g/mol. The summed E-state index contributed by atoms with van der Waals surface area (Å²) in [5.41, 5.74) is 2.69. The first kappa shape index (κ1) is 17.0. The molecule has 1 aromatic heterocycles. The molecule has 0 bridgehead atoms. The normalized spacial score (nSPS) is 20.0. The molecular weight excluding hydrogens is 340 g/mol. The molecule has 2 aromatic carbocycles. The number of para-hydroxylation sites is 1. The number of hydrogen-bond donors (Lipinski definition) is 2. The molecule has 2 N–H and O–H groups in total. The molecule has 1 aliphatic heterocycles. The van der Waals surface area contributed by atoms with Crippen LogP contribution < -0.4 is 5.32 Å². The van der Waals surface area contributed by atoms with Crippen molar-refractivity contribution in [2.45, 2.75) is 25.8 Å². The lowest BCUT2D eigenvalue weighted by Gasteiger charge is -2.20. The van der Waals surface area contributed by atoms with Gasteiger partial charge in [0, 0.05) is 22.7 Å². The Kier molecular flexibility index (Phi) is 4.03. The van der Waals surface area contributed by atoms with Gasteiger partial charge >= 0.3 is 6.03 Å². The third-order valence-corrected chi connectivity index (χ3v) is 5.05. The van der Waals surface area contributed by atoms with Crippen LogP contribution in [0.2, 0.25) is 0 Å². The number of carbonyl (C=O) groups is 2. The predicted molar refractivity (Wildman–Crippen MR) is 104 cm³/mol. The van der Waals surface area contributed by atoms with E-state index in [1.807, 2.05) is 48.7 Å². The SMILES string of the molecule is CCc1cccc2c(/C=N/N3C(=O)N[C@@](C)(c4ccccc4)C3=O)c[nH]c12. The van der Waals surface area contributed by atoms with E-state index in [1.54, 1.807) is 13.1 Å². The van der Waals surface area contributed by atoms with Gasteiger partial charge < -0.3 is 10.3 Å². The Morgan fingerprint density at radius 1 is 1.11 bits per heavy atom. The van der Waals surface area contributed by atoms with Gasteiger partial charge in [-0.25, -0.2) is 4.79 Å². The van der Waals surface area contributed by atoms with Crippen molar-refractivity contribution >= 4 is 29.1 Å². The van der Waals surface area contributed by atoms with E-state index in [2.05, 4.69) is 28.4 Å². The minimum atomic E-state index is -1.12. The molecule has 27 heavy (non-hydrogen) atoms. The number of amides is 3. The zero-order valence-electron chi connectivity index (χ0n) is 15.2. The van der Waals surface area contributed by atoms with Crippen LogP contribution in [0.4, 0.5) is 4.79 Å². The fraction of sp³-hybridized carbons (Fsp3) is 0.190. The Balaban J connectivity index is 1.65. The first-order valence-electron chi connectivity index (χ1n) is 8.90. The molecule has 0 saturated carbocycles. The van der Waals surface area contributed by atoms with Crippen LogP contribution in [0.3, 0.4) is 0 Å². The number of rotatable bonds is 4. The highest BCUT2D eigenvalue weighted by Crippen LogP contribution is 2.29. The van der Waals surface area contributed by atoms with Crippen LogP contribution in [0.25, 0.3) is 10.9 Å². The topological polar surface area (TPSA) is 77.6 Å². The van der Waals surface area contributed by atoms with Crippen LogP contribution in [0.5, 0.6) is 0 Å². The van der Waals surface area contributed by atoms with E-state index in [0.717, 1.165) is 33.5 Å². The number of aryl methyl sites for hydroxylation is 1. The molecule has 4 rings (SSSR count). The predicted octanol–water partition coefficient (Wildman–Crippen LogP) is 3.53. The van der Waals surface area contributed by atoms with E-state index in [1.165, 1.54) is 5.56 Å². The van der Waals surface area contributed by atoms with E-state index in [4.69, 9.17) is 0 Å². The molecule has 1 fully saturated rings. The molecule has 3 aromatic rings. The molecule has 2 heterocycles. The van der Waals surface area contributed by atoms with E-state index < -0.39 is 17.5 Å². The van der Waals surface area contributed by atoms with Crippen LogP contribution in [0, 0.1) is 0 Å². The summed E-state index contributed by atoms with van der Waals surface area (Å²) in [4.78, 5) is 28.5. The number of fused-ring (bicyclic) bond motifs is 1. The van der Waals surface area contributed by atoms with Gasteiger partial charge in [-0.15, -0.1) is 5.01 Å². The van der Waals surface area contributed by atoms with Crippen molar-refractivity contribution in [1.82, 2.24) is 15.3 Å². The summed E-state index contributed by atoms with van der Waals surface area (Å²) >= 11 is 0. The lowest BCUT2D eigenvalue weighted by Crippen LogP contribution is -2.40. The summed E-state index contributed by atoms with van der Waals surface area (Å²) in [5.74, 6) is -0.399. The van der Waals surface area contributed by atoms with Gasteiger partial charge in [0.15, 0.2) is 0 Å². The molecule has 0 unspecified atom stereocenters. The van der Waals surface area contributed by atoms with Crippen LogP contribution in [-0.4, -0.2) is 28.1 Å². The van der Waals surface area contributed by atoms with Gasteiger partial charge in [0.2, 0.25) is 0 Å². The quantitative estimate of drug-likeness (QED) is 0.551. The van der Waals surface area contributed by atoms with Gasteiger partial charge in [-0.05, 0) is 24.5 Å². The van der Waals surface area contributed by atoms with Crippen molar-refractivity contribution in [3.8, 4) is 0 Å². The Bertz CT molecular complexity index is 1050. The summed E-state index contributed by atoms with van der Waals surface area (Å²) < 4.78 is 0. The molecule has 6 nitrogen and oxygen atoms in total. The highest BCUT2D eigenvalue weighted by molar-refractivity contribution is 6.08. The molecule has 3 amide bonds. The first-order valence-corrected chi connectivity index (χ1v) is 8.90. The second-order valence-corrected chi connectivity index (χ2v) is 6.72. The van der Waals surface area contributed by atoms with Gasteiger partial charge in [-0.3, -0.25) is 4.79 Å². The molecule has 0 radical (unpaired) electrons. The number of aromatic amines is 1. The number of hydrogen-bond acceptors (Lipinski definition) is 3. The van der Waals surface area contributed by atoms with Crippen molar-refractivity contribution < 1.29 is 9.59 Å². The standard InChI is InChI=1S/C21H20N4O2/c1-3-14-8-7-11-17-15(12-22-18(14)17)13-23-25-19(26)21(2,24-20(25)27)16-9-5-4-6-10-16/h4-13,22H,3H2,1-2H3,(H,24,27)/b23-13+/t21-/m0/s1. The van der Waals surface area contributed by atoms with E-state index in [-0.39, 0.29) is 0 Å². The van der Waals surface area contributed by atoms with Gasteiger partial charge in [0.05, 0.1) is 6.21 Å². The Morgan fingerprint density at radius 2 is 1.89 bits per heavy atom. The van der Waals surface area contributed by atoms with Crippen LogP contribution in [0.1, 0.15) is 30.5 Å². The van der Waals surface area contributed by atoms with Crippen LogP contribution >= 0.6 is 0 Å². The highest BCUT2D eigenvalue weighted by atomic mass is 16.2. The third kappa shape index (κ3) is 2.70. The fourth-order valence-electron chi connectivity index (χ4n) is 3.46. The third-order valence-electron chi connectivity index (χ3n) is 5.05. The number of H-pyrrole nitrogens is 1. The molecule has 6 heteroatoms. The molecule has 1 atom stereocenters. The van der Waals surface area contributed by atoms with Crippen molar-refractivity contribution in [1.29, 1.82) is 0 Å². The summed E-state index contributed by atoms with van der Waals surface area (Å²) in [5, 5.41) is 8.84. The fourth-order valence-corrected chi connectivity index (χ4v) is 3.46. The molecule has 0 spiro atoms. The van der Waals surface area contributed by atoms with Crippen LogP contribution in [0.15, 0.2) is 59.8 Å². The second kappa shape index (κ2) is 6.39. The van der Waals surface area contributed by atoms with E-state index in [0.29, 0.717) is 0 Å². The largest absolute Gasteiger partial charge is 0.360 e. The summed E-state index contributed by atoms with van der Waals surface area (Å²) in [6, 6.07) is 14.7. The molecule has 136 valence electrons. The number of nitrogens with zero attached hydrogens (tertiary/aromatic N) is 2. The van der Waals surface area contributed by atoms with Gasteiger partial charge in [-0.1, -0.05) is 55.5 Å². The van der Waals surface area contributed by atoms with Crippen molar-refractivity contribution in [2.75, 3.05) is 0 Å². The minimum absolute atomic E-state index is 0.399. The average molecular weight is 360 g/mol. The number of urea groups is 1. The molecule has 0 aliphatic carbocycles. The van der Waals surface area contributed by atoms with Gasteiger partial charge in [0.25, 0.3) is 5.91 Å². The maximum atomic E-state index is 12.9. The summed E-state index contributed by atoms with van der Waals surface area (Å²) in [6.07, 6.45) is 4.30. The van der Waals surface area contributed by atoms with Crippen molar-refractivity contribution in [2.24, 2.45) is 5.10 Å². The number of aromatic nitrogens is 1. The maximum Gasteiger partial charge on any atom is 0.346 e. The van der Waals surface area contributed by atoms with Gasteiger partial charge in [0.1, 0.15) is 5.54 Å². The summed E-state index contributed by atoms with van der Waals surface area (Å²) in [7, 11) is 0. The molecular formula is C21H20N4O2. The summed E-state index contributed by atoms with van der Waals surface area (Å²) in [6.45, 7) is 3.79. The zero-order valence-corrected chi connectivity index (χ0v) is 15.2. The molecule has 1 aliphatic rings.